The number of nitrogens with zero attached hydrogens (tertiary/aromatic N) is 4. The van der Waals surface area contributed by atoms with Crippen molar-refractivity contribution in [2.45, 2.75) is 26.2 Å². The monoisotopic (exact) mass is 417 g/mol. The quantitative estimate of drug-likeness (QED) is 0.754. The van der Waals surface area contributed by atoms with Crippen LogP contribution in [0.1, 0.15) is 31.7 Å². The van der Waals surface area contributed by atoms with Gasteiger partial charge in [-0.25, -0.2) is 0 Å². The summed E-state index contributed by atoms with van der Waals surface area (Å²) in [6, 6.07) is 12.0. The van der Waals surface area contributed by atoms with Gasteiger partial charge < -0.3 is 20.1 Å². The molecule has 0 fully saturated rings. The van der Waals surface area contributed by atoms with Gasteiger partial charge in [-0.1, -0.05) is 19.1 Å². The normalized spacial score (nSPS) is 22.4. The maximum atomic E-state index is 10.2. The SMILES string of the molecule is CCCOc1ccc([C@H]2[C@@H]3CN(C)CC=C3C(C#N)=C(N)C2(C#N)C#N)cc1OCC. The molecule has 0 radical (unpaired) electrons. The number of hydrogen-bond acceptors (Lipinski definition) is 7. The van der Waals surface area contributed by atoms with Crippen LogP contribution in [0, 0.1) is 45.3 Å². The Kier molecular flexibility index (Phi) is 6.54. The molecule has 1 aliphatic carbocycles. The number of nitrogens with two attached hydrogens (primary N) is 1. The molecule has 7 nitrogen and oxygen atoms in total. The predicted octanol–water partition coefficient (Wildman–Crippen LogP) is 3.23. The fourth-order valence-corrected chi connectivity index (χ4v) is 4.52. The van der Waals surface area contributed by atoms with Crippen LogP contribution in [0.2, 0.25) is 0 Å². The third-order valence-electron chi connectivity index (χ3n) is 5.94. The zero-order valence-corrected chi connectivity index (χ0v) is 18.2. The second kappa shape index (κ2) is 9.13. The summed E-state index contributed by atoms with van der Waals surface area (Å²) >= 11 is 0. The van der Waals surface area contributed by atoms with Crippen LogP contribution in [0.4, 0.5) is 0 Å². The second-order valence-electron chi connectivity index (χ2n) is 7.88. The Morgan fingerprint density at radius 2 is 1.90 bits per heavy atom. The summed E-state index contributed by atoms with van der Waals surface area (Å²) in [6.07, 6.45) is 2.84. The zero-order valence-electron chi connectivity index (χ0n) is 18.2. The largest absolute Gasteiger partial charge is 0.490 e. The number of hydrogen-bond donors (Lipinski definition) is 1. The van der Waals surface area contributed by atoms with Gasteiger partial charge in [-0.2, -0.15) is 15.8 Å². The molecule has 0 unspecified atom stereocenters. The fraction of sp³-hybridized carbons (Fsp3) is 0.458. The van der Waals surface area contributed by atoms with E-state index < -0.39 is 11.3 Å². The van der Waals surface area contributed by atoms with E-state index in [0.29, 0.717) is 37.8 Å². The molecule has 7 heteroatoms. The van der Waals surface area contributed by atoms with Gasteiger partial charge in [0.15, 0.2) is 16.9 Å². The predicted molar refractivity (Wildman–Crippen MR) is 116 cm³/mol. The molecule has 0 amide bonds. The molecule has 31 heavy (non-hydrogen) atoms. The van der Waals surface area contributed by atoms with Crippen LogP contribution < -0.4 is 15.2 Å². The van der Waals surface area contributed by atoms with Crippen LogP contribution in [0.5, 0.6) is 11.5 Å². The van der Waals surface area contributed by atoms with Crippen LogP contribution in [-0.2, 0) is 0 Å². The number of ether oxygens (including phenoxy) is 2. The van der Waals surface area contributed by atoms with Gasteiger partial charge in [0.1, 0.15) is 6.07 Å². The first-order valence-corrected chi connectivity index (χ1v) is 10.5. The lowest BCUT2D eigenvalue weighted by atomic mass is 9.58. The van der Waals surface area contributed by atoms with Crippen LogP contribution in [0.15, 0.2) is 41.1 Å². The maximum Gasteiger partial charge on any atom is 0.191 e. The van der Waals surface area contributed by atoms with E-state index in [9.17, 15) is 15.8 Å². The fourth-order valence-electron chi connectivity index (χ4n) is 4.52. The number of allylic oxidation sites excluding steroid dienone is 2. The average Bonchev–Trinajstić information content (AvgIpc) is 2.78. The Bertz CT molecular complexity index is 1020. The molecule has 1 aromatic rings. The Hall–Kier alpha value is -3.47. The van der Waals surface area contributed by atoms with E-state index >= 15 is 0 Å². The molecule has 0 saturated heterocycles. The molecule has 1 heterocycles. The van der Waals surface area contributed by atoms with Crippen molar-refractivity contribution in [2.75, 3.05) is 33.4 Å². The van der Waals surface area contributed by atoms with Crippen LogP contribution >= 0.6 is 0 Å². The van der Waals surface area contributed by atoms with Gasteiger partial charge in [0.05, 0.1) is 36.6 Å². The van der Waals surface area contributed by atoms with Gasteiger partial charge in [0.25, 0.3) is 0 Å². The zero-order chi connectivity index (χ0) is 22.6. The van der Waals surface area contributed by atoms with E-state index in [-0.39, 0.29) is 17.2 Å². The van der Waals surface area contributed by atoms with E-state index in [0.717, 1.165) is 17.6 Å². The Morgan fingerprint density at radius 1 is 1.16 bits per heavy atom. The van der Waals surface area contributed by atoms with Crippen molar-refractivity contribution in [3.63, 3.8) is 0 Å². The van der Waals surface area contributed by atoms with Gasteiger partial charge in [-0.05, 0) is 43.7 Å². The van der Waals surface area contributed by atoms with Gasteiger partial charge in [-0.15, -0.1) is 0 Å². The molecule has 0 bridgehead atoms. The van der Waals surface area contributed by atoms with Gasteiger partial charge >= 0.3 is 0 Å². The summed E-state index contributed by atoms with van der Waals surface area (Å²) in [7, 11) is 1.98. The highest BCUT2D eigenvalue weighted by Crippen LogP contribution is 2.54. The van der Waals surface area contributed by atoms with Crippen molar-refractivity contribution in [3.05, 3.63) is 46.7 Å². The molecule has 2 aliphatic rings. The molecule has 3 rings (SSSR count). The molecule has 1 aliphatic heterocycles. The summed E-state index contributed by atoms with van der Waals surface area (Å²) in [5.41, 5.74) is 6.56. The summed E-state index contributed by atoms with van der Waals surface area (Å²) < 4.78 is 11.6. The molecule has 160 valence electrons. The van der Waals surface area contributed by atoms with Crippen molar-refractivity contribution in [3.8, 4) is 29.7 Å². The first-order valence-electron chi connectivity index (χ1n) is 10.5. The first kappa shape index (κ1) is 22.2. The molecular weight excluding hydrogens is 390 g/mol. The third-order valence-corrected chi connectivity index (χ3v) is 5.94. The molecule has 1 aromatic carbocycles. The minimum atomic E-state index is -1.65. The molecule has 2 atom stereocenters. The van der Waals surface area contributed by atoms with E-state index in [1.165, 1.54) is 0 Å². The summed E-state index contributed by atoms with van der Waals surface area (Å²) in [5, 5.41) is 30.1. The first-order chi connectivity index (χ1) is 15.0. The molecule has 2 N–H and O–H groups in total. The van der Waals surface area contributed by atoms with E-state index in [4.69, 9.17) is 15.2 Å². The average molecular weight is 418 g/mol. The topological polar surface area (TPSA) is 119 Å². The second-order valence-corrected chi connectivity index (χ2v) is 7.88. The van der Waals surface area contributed by atoms with Crippen molar-refractivity contribution in [1.29, 1.82) is 15.8 Å². The number of nitriles is 3. The van der Waals surface area contributed by atoms with Gasteiger partial charge in [-0.3, -0.25) is 0 Å². The van der Waals surface area contributed by atoms with E-state index in [1.54, 1.807) is 0 Å². The van der Waals surface area contributed by atoms with Crippen molar-refractivity contribution < 1.29 is 9.47 Å². The lowest BCUT2D eigenvalue weighted by molar-refractivity contribution is 0.236. The van der Waals surface area contributed by atoms with E-state index in [1.807, 2.05) is 45.2 Å². The van der Waals surface area contributed by atoms with Gasteiger partial charge in [0, 0.05) is 24.9 Å². The minimum Gasteiger partial charge on any atom is -0.490 e. The summed E-state index contributed by atoms with van der Waals surface area (Å²) in [5.74, 6) is 0.423. The highest BCUT2D eigenvalue weighted by atomic mass is 16.5. The maximum absolute atomic E-state index is 10.2. The standard InChI is InChI=1S/C24H27N5O2/c1-4-10-31-20-7-6-16(11-21(20)30-5-2)22-19-13-29(3)9-8-17(19)18(12-25)23(28)24(22,14-26)15-27/h6-8,11,19,22H,4-5,9-10,13,28H2,1-3H3/t19-,22+/m1/s1. The number of fused-ring (bicyclic) bond motifs is 1. The lowest BCUT2D eigenvalue weighted by Gasteiger charge is -2.45. The van der Waals surface area contributed by atoms with Crippen molar-refractivity contribution >= 4 is 0 Å². The summed E-state index contributed by atoms with van der Waals surface area (Å²) in [4.78, 5) is 2.11. The third kappa shape index (κ3) is 3.72. The lowest BCUT2D eigenvalue weighted by Crippen LogP contribution is -2.47. The minimum absolute atomic E-state index is 0.0290. The van der Waals surface area contributed by atoms with Crippen LogP contribution in [-0.4, -0.2) is 38.3 Å². The molecule has 0 saturated carbocycles. The molecule has 0 spiro atoms. The Balaban J connectivity index is 2.23. The van der Waals surface area contributed by atoms with Crippen molar-refractivity contribution in [2.24, 2.45) is 17.1 Å². The molecule has 0 aromatic heterocycles. The Morgan fingerprint density at radius 3 is 2.52 bits per heavy atom. The van der Waals surface area contributed by atoms with Crippen molar-refractivity contribution in [1.82, 2.24) is 4.90 Å². The van der Waals surface area contributed by atoms with E-state index in [2.05, 4.69) is 23.1 Å². The Labute approximate surface area is 183 Å². The van der Waals surface area contributed by atoms with Crippen LogP contribution in [0.3, 0.4) is 0 Å². The number of likely N-dealkylation sites (N-methyl/N-ethyl adjacent to an activating group) is 1. The van der Waals surface area contributed by atoms with Gasteiger partial charge in [0.2, 0.25) is 0 Å². The highest BCUT2D eigenvalue weighted by molar-refractivity contribution is 5.60. The van der Waals surface area contributed by atoms with Crippen LogP contribution in [0.25, 0.3) is 0 Å². The molecular formula is C24H27N5O2. The number of rotatable bonds is 6. The summed E-state index contributed by atoms with van der Waals surface area (Å²) in [6.45, 7) is 6.22. The smallest absolute Gasteiger partial charge is 0.191 e. The highest BCUT2D eigenvalue weighted by Gasteiger charge is 2.54. The number of benzene rings is 1.